The number of unbranched alkanes of at least 4 members (excludes halogenated alkanes) is 1. The fraction of sp³-hybridized carbons (Fsp3) is 0.556. The first-order valence-electron chi connectivity index (χ1n) is 12.8. The van der Waals surface area contributed by atoms with Gasteiger partial charge in [0.1, 0.15) is 0 Å². The van der Waals surface area contributed by atoms with E-state index >= 15 is 0 Å². The van der Waals surface area contributed by atoms with E-state index in [0.29, 0.717) is 18.7 Å². The monoisotopic (exact) mass is 526 g/mol. The topological polar surface area (TPSA) is 81.6 Å². The molecule has 0 aliphatic heterocycles. The number of benzene rings is 2. The van der Waals surface area contributed by atoms with Crippen LogP contribution in [-0.2, 0) is 22.7 Å². The Kier molecular flexibility index (Phi) is 10.4. The highest BCUT2D eigenvalue weighted by molar-refractivity contribution is 7.51. The van der Waals surface area contributed by atoms with Crippen molar-refractivity contribution in [1.82, 2.24) is 5.32 Å². The van der Waals surface area contributed by atoms with Crippen LogP contribution in [0.5, 0.6) is 0 Å². The summed E-state index contributed by atoms with van der Waals surface area (Å²) in [6, 6.07) is 14.9. The summed E-state index contributed by atoms with van der Waals surface area (Å²) in [6.07, 6.45) is 4.43. The Morgan fingerprint density at radius 2 is 1.64 bits per heavy atom. The Morgan fingerprint density at radius 1 is 0.917 bits per heavy atom. The summed E-state index contributed by atoms with van der Waals surface area (Å²) < 4.78 is 52.0. The molecule has 4 N–H and O–H groups in total. The first kappa shape index (κ1) is 28.7. The van der Waals surface area contributed by atoms with Crippen LogP contribution in [0.3, 0.4) is 0 Å². The molecule has 0 unspecified atom stereocenters. The van der Waals surface area contributed by atoms with Crippen LogP contribution in [0.2, 0.25) is 0 Å². The molecule has 0 amide bonds. The molecule has 1 aliphatic rings. The number of rotatable bonds is 13. The van der Waals surface area contributed by atoms with Gasteiger partial charge in [0.2, 0.25) is 0 Å². The highest BCUT2D eigenvalue weighted by Gasteiger charge is 2.34. The zero-order valence-corrected chi connectivity index (χ0v) is 21.6. The minimum atomic E-state index is -4.47. The molecule has 0 atom stereocenters. The van der Waals surface area contributed by atoms with Gasteiger partial charge in [0.05, 0.1) is 11.7 Å². The van der Waals surface area contributed by atoms with Crippen LogP contribution in [0, 0.1) is 0 Å². The fourth-order valence-electron chi connectivity index (χ4n) is 5.25. The quantitative estimate of drug-likeness (QED) is 0.170. The number of anilines is 1. The summed E-state index contributed by atoms with van der Waals surface area (Å²) in [5, 5.41) is 5.95. The first-order chi connectivity index (χ1) is 17.1. The average Bonchev–Trinajstić information content (AvgIpc) is 2.84. The maximum atomic E-state index is 13.7. The number of hydrogen-bond acceptors (Lipinski definition) is 3. The van der Waals surface area contributed by atoms with Crippen LogP contribution >= 0.6 is 7.60 Å². The van der Waals surface area contributed by atoms with Crippen molar-refractivity contribution >= 4 is 13.3 Å². The van der Waals surface area contributed by atoms with Crippen LogP contribution in [0.4, 0.5) is 18.9 Å². The van der Waals surface area contributed by atoms with Crippen molar-refractivity contribution in [1.29, 1.82) is 0 Å². The SMILES string of the molecule is O=P(O)(O)CCCNCc1ccc(NCCCCC2(c3ccccc3)CCCCC2)c(C(F)(F)F)c1. The zero-order valence-electron chi connectivity index (χ0n) is 20.7. The van der Waals surface area contributed by atoms with Gasteiger partial charge in [-0.2, -0.15) is 13.2 Å². The molecule has 0 spiro atoms. The second-order valence-corrected chi connectivity index (χ2v) is 11.7. The van der Waals surface area contributed by atoms with E-state index in [1.165, 1.54) is 43.7 Å². The maximum absolute atomic E-state index is 13.7. The van der Waals surface area contributed by atoms with Crippen LogP contribution in [-0.4, -0.2) is 29.0 Å². The lowest BCUT2D eigenvalue weighted by Gasteiger charge is -2.38. The predicted molar refractivity (Wildman–Crippen MR) is 138 cm³/mol. The summed E-state index contributed by atoms with van der Waals surface area (Å²) in [5.41, 5.74) is 1.46. The third kappa shape index (κ3) is 8.91. The summed E-state index contributed by atoms with van der Waals surface area (Å²) in [7, 11) is -4.06. The number of halogens is 3. The van der Waals surface area contributed by atoms with E-state index in [1.807, 2.05) is 6.07 Å². The second kappa shape index (κ2) is 13.1. The molecule has 0 heterocycles. The Hall–Kier alpha value is -1.86. The van der Waals surface area contributed by atoms with Crippen LogP contribution < -0.4 is 10.6 Å². The van der Waals surface area contributed by atoms with Gasteiger partial charge in [-0.15, -0.1) is 0 Å². The van der Waals surface area contributed by atoms with Crippen molar-refractivity contribution < 1.29 is 27.5 Å². The van der Waals surface area contributed by atoms with Gasteiger partial charge in [-0.25, -0.2) is 0 Å². The summed E-state index contributed by atoms with van der Waals surface area (Å²) in [6.45, 7) is 0.997. The van der Waals surface area contributed by atoms with Crippen molar-refractivity contribution in [2.24, 2.45) is 0 Å². The van der Waals surface area contributed by atoms with Gasteiger partial charge in [-0.3, -0.25) is 4.57 Å². The van der Waals surface area contributed by atoms with E-state index in [4.69, 9.17) is 9.79 Å². The van der Waals surface area contributed by atoms with Crippen molar-refractivity contribution in [3.8, 4) is 0 Å². The molecule has 36 heavy (non-hydrogen) atoms. The molecule has 0 bridgehead atoms. The fourth-order valence-corrected chi connectivity index (χ4v) is 5.82. The van der Waals surface area contributed by atoms with Crippen molar-refractivity contribution in [2.75, 3.05) is 24.6 Å². The Bertz CT molecular complexity index is 990. The average molecular weight is 527 g/mol. The molecule has 1 fully saturated rings. The molecule has 0 aromatic heterocycles. The molecular formula is C27H38F3N2O3P. The molecule has 0 radical (unpaired) electrons. The Morgan fingerprint density at radius 3 is 2.31 bits per heavy atom. The Labute approximate surface area is 212 Å². The molecule has 1 aliphatic carbocycles. The normalized spacial score (nSPS) is 16.1. The smallest absolute Gasteiger partial charge is 0.385 e. The molecule has 3 rings (SSSR count). The predicted octanol–water partition coefficient (Wildman–Crippen LogP) is 6.85. The largest absolute Gasteiger partial charge is 0.418 e. The van der Waals surface area contributed by atoms with E-state index in [9.17, 15) is 17.7 Å². The maximum Gasteiger partial charge on any atom is 0.418 e. The second-order valence-electron chi connectivity index (χ2n) is 9.89. The summed E-state index contributed by atoms with van der Waals surface area (Å²) in [5.74, 6) is 0. The summed E-state index contributed by atoms with van der Waals surface area (Å²) >= 11 is 0. The number of nitrogens with one attached hydrogen (secondary N) is 2. The minimum absolute atomic E-state index is 0.0863. The summed E-state index contributed by atoms with van der Waals surface area (Å²) in [4.78, 5) is 17.8. The van der Waals surface area contributed by atoms with Gasteiger partial charge in [-0.1, -0.05) is 62.1 Å². The van der Waals surface area contributed by atoms with Gasteiger partial charge in [0.25, 0.3) is 0 Å². The third-order valence-corrected chi connectivity index (χ3v) is 8.01. The van der Waals surface area contributed by atoms with E-state index in [1.54, 1.807) is 6.07 Å². The standard InChI is InChI=1S/C27H38F3N2O3P/c28-27(29,30)24-20-22(21-31-17-9-19-36(33,34)35)12-13-25(24)32-18-8-7-16-26(14-5-2-6-15-26)23-10-3-1-4-11-23/h1,3-4,10-13,20,31-32H,2,5-9,14-19,21H2,(H2,33,34,35). The van der Waals surface area contributed by atoms with Crippen molar-refractivity contribution in [2.45, 2.75) is 75.9 Å². The molecular weight excluding hydrogens is 488 g/mol. The molecule has 9 heteroatoms. The first-order valence-corrected chi connectivity index (χ1v) is 14.6. The van der Waals surface area contributed by atoms with E-state index in [-0.39, 0.29) is 30.2 Å². The molecule has 2 aromatic rings. The molecule has 1 saturated carbocycles. The van der Waals surface area contributed by atoms with Crippen molar-refractivity contribution in [3.63, 3.8) is 0 Å². The minimum Gasteiger partial charge on any atom is -0.385 e. The Balaban J connectivity index is 1.52. The van der Waals surface area contributed by atoms with Crippen molar-refractivity contribution in [3.05, 3.63) is 65.2 Å². The zero-order chi connectivity index (χ0) is 26.1. The van der Waals surface area contributed by atoms with Crippen LogP contribution in [0.25, 0.3) is 0 Å². The van der Waals surface area contributed by atoms with E-state index in [2.05, 4.69) is 34.9 Å². The van der Waals surface area contributed by atoms with E-state index in [0.717, 1.165) is 25.3 Å². The lowest BCUT2D eigenvalue weighted by Crippen LogP contribution is -2.29. The van der Waals surface area contributed by atoms with E-state index < -0.39 is 19.3 Å². The highest BCUT2D eigenvalue weighted by atomic mass is 31.2. The third-order valence-electron chi connectivity index (χ3n) is 7.12. The van der Waals surface area contributed by atoms with Crippen LogP contribution in [0.1, 0.15) is 74.5 Å². The van der Waals surface area contributed by atoms with Gasteiger partial charge in [0, 0.05) is 18.8 Å². The highest BCUT2D eigenvalue weighted by Crippen LogP contribution is 2.43. The molecule has 2 aromatic carbocycles. The number of alkyl halides is 3. The molecule has 0 saturated heterocycles. The van der Waals surface area contributed by atoms with Gasteiger partial charge in [0.15, 0.2) is 0 Å². The lowest BCUT2D eigenvalue weighted by atomic mass is 9.67. The van der Waals surface area contributed by atoms with Crippen LogP contribution in [0.15, 0.2) is 48.5 Å². The molecule has 200 valence electrons. The number of hydrogen-bond donors (Lipinski definition) is 4. The van der Waals surface area contributed by atoms with Gasteiger partial charge in [-0.05, 0) is 67.3 Å². The van der Waals surface area contributed by atoms with Gasteiger partial charge >= 0.3 is 13.8 Å². The van der Waals surface area contributed by atoms with Gasteiger partial charge < -0.3 is 20.4 Å². The molecule has 5 nitrogen and oxygen atoms in total. The lowest BCUT2D eigenvalue weighted by molar-refractivity contribution is -0.137.